The summed E-state index contributed by atoms with van der Waals surface area (Å²) >= 11 is 0. The Morgan fingerprint density at radius 3 is 2.34 bits per heavy atom. The smallest absolute Gasteiger partial charge is 0.192 e. The van der Waals surface area contributed by atoms with E-state index in [1.54, 1.807) is 12.1 Å². The number of fused-ring (bicyclic) bond motifs is 1. The number of benzene rings is 1. The third-order valence-corrected chi connectivity index (χ3v) is 13.4. The Morgan fingerprint density at radius 2 is 1.82 bits per heavy atom. The fourth-order valence-corrected chi connectivity index (χ4v) is 7.06. The van der Waals surface area contributed by atoms with Crippen LogP contribution in [0.3, 0.4) is 0 Å². The monoisotopic (exact) mass is 530 g/mol. The molecular formula is C33H46N2O2Si. The van der Waals surface area contributed by atoms with Crippen molar-refractivity contribution in [2.75, 3.05) is 0 Å². The van der Waals surface area contributed by atoms with E-state index in [-0.39, 0.29) is 22.5 Å². The van der Waals surface area contributed by atoms with Crippen molar-refractivity contribution in [3.05, 3.63) is 69.5 Å². The summed E-state index contributed by atoms with van der Waals surface area (Å²) in [6, 6.07) is 9.54. The van der Waals surface area contributed by atoms with Crippen LogP contribution in [0.25, 0.3) is 5.57 Å². The lowest BCUT2D eigenvalue weighted by molar-refractivity contribution is 0.105. The molecule has 5 heteroatoms. The van der Waals surface area contributed by atoms with Crippen LogP contribution in [0.2, 0.25) is 18.1 Å². The van der Waals surface area contributed by atoms with Crippen LogP contribution in [0.4, 0.5) is 0 Å². The summed E-state index contributed by atoms with van der Waals surface area (Å²) in [7, 11) is -2.08. The van der Waals surface area contributed by atoms with E-state index in [1.807, 2.05) is 12.1 Å². The molecule has 4 rings (SSSR count). The van der Waals surface area contributed by atoms with Crippen molar-refractivity contribution in [1.82, 2.24) is 4.98 Å². The maximum absolute atomic E-state index is 12.0. The van der Waals surface area contributed by atoms with Crippen LogP contribution in [0, 0.1) is 16.7 Å². The van der Waals surface area contributed by atoms with Gasteiger partial charge in [0, 0.05) is 22.5 Å². The number of rotatable bonds is 6. The molecule has 2 atom stereocenters. The number of allylic oxidation sites excluding steroid dienone is 2. The quantitative estimate of drug-likeness (QED) is 0.379. The summed E-state index contributed by atoms with van der Waals surface area (Å²) in [4.78, 5) is 5.36. The molecule has 0 fully saturated rings. The Labute approximate surface area is 231 Å². The molecule has 204 valence electrons. The minimum atomic E-state index is -2.08. The summed E-state index contributed by atoms with van der Waals surface area (Å²) < 4.78 is 7.23. The second-order valence-corrected chi connectivity index (χ2v) is 18.7. The first-order valence-corrected chi connectivity index (χ1v) is 17.2. The average Bonchev–Trinajstić information content (AvgIpc) is 3.35. The minimum Gasteiger partial charge on any atom is -0.410 e. The van der Waals surface area contributed by atoms with E-state index >= 15 is 0 Å². The van der Waals surface area contributed by atoms with E-state index in [0.29, 0.717) is 5.56 Å². The van der Waals surface area contributed by atoms with Crippen LogP contribution in [0.15, 0.2) is 30.3 Å². The van der Waals surface area contributed by atoms with Crippen LogP contribution in [-0.2, 0) is 10.8 Å². The number of hydrogen-bond acceptors (Lipinski definition) is 4. The van der Waals surface area contributed by atoms with Crippen LogP contribution in [0.5, 0.6) is 0 Å². The van der Waals surface area contributed by atoms with E-state index in [0.717, 1.165) is 54.6 Å². The maximum atomic E-state index is 12.0. The largest absolute Gasteiger partial charge is 0.410 e. The lowest BCUT2D eigenvalue weighted by atomic mass is 9.71. The molecule has 4 nitrogen and oxygen atoms in total. The second-order valence-electron chi connectivity index (χ2n) is 14.0. The fourth-order valence-electron chi connectivity index (χ4n) is 5.79. The molecule has 2 aromatic rings. The predicted octanol–water partition coefficient (Wildman–Crippen LogP) is 8.76. The number of pyridine rings is 1. The van der Waals surface area contributed by atoms with Gasteiger partial charge in [-0.05, 0) is 90.4 Å². The Balaban J connectivity index is 2.01. The Morgan fingerprint density at radius 1 is 1.16 bits per heavy atom. The summed E-state index contributed by atoms with van der Waals surface area (Å²) in [5, 5.41) is 21.4. The van der Waals surface area contributed by atoms with E-state index in [2.05, 4.69) is 73.7 Å². The zero-order valence-electron chi connectivity index (χ0n) is 24.9. The molecular weight excluding hydrogens is 484 g/mol. The lowest BCUT2D eigenvalue weighted by Crippen LogP contribution is -2.44. The zero-order chi connectivity index (χ0) is 28.0. The van der Waals surface area contributed by atoms with E-state index in [9.17, 15) is 10.4 Å². The molecule has 0 radical (unpaired) electrons. The van der Waals surface area contributed by atoms with Crippen LogP contribution in [0.1, 0.15) is 131 Å². The highest BCUT2D eigenvalue weighted by molar-refractivity contribution is 6.74. The highest BCUT2D eigenvalue weighted by Crippen LogP contribution is 2.52. The van der Waals surface area contributed by atoms with Crippen molar-refractivity contribution in [2.24, 2.45) is 5.41 Å². The zero-order valence-corrected chi connectivity index (χ0v) is 25.9. The van der Waals surface area contributed by atoms with Gasteiger partial charge in [-0.2, -0.15) is 5.26 Å². The number of aliphatic hydroxyl groups excluding tert-OH is 1. The minimum absolute atomic E-state index is 0.0493. The number of aromatic nitrogens is 1. The molecule has 0 spiro atoms. The highest BCUT2D eigenvalue weighted by Gasteiger charge is 2.45. The van der Waals surface area contributed by atoms with Crippen LogP contribution in [-0.4, -0.2) is 18.4 Å². The van der Waals surface area contributed by atoms with Gasteiger partial charge in [-0.1, -0.05) is 66.7 Å². The van der Waals surface area contributed by atoms with Gasteiger partial charge in [0.05, 0.1) is 17.7 Å². The molecule has 1 aromatic carbocycles. The summed E-state index contributed by atoms with van der Waals surface area (Å²) in [5.41, 5.74) is 8.26. The van der Waals surface area contributed by atoms with E-state index < -0.39 is 14.4 Å². The van der Waals surface area contributed by atoms with Crippen molar-refractivity contribution < 1.29 is 9.53 Å². The van der Waals surface area contributed by atoms with Gasteiger partial charge in [-0.3, -0.25) is 4.98 Å². The van der Waals surface area contributed by atoms with Gasteiger partial charge in [-0.15, -0.1) is 0 Å². The van der Waals surface area contributed by atoms with Crippen molar-refractivity contribution in [1.29, 1.82) is 5.26 Å². The van der Waals surface area contributed by atoms with Gasteiger partial charge >= 0.3 is 0 Å². The molecule has 1 heterocycles. The van der Waals surface area contributed by atoms with Crippen LogP contribution < -0.4 is 0 Å². The summed E-state index contributed by atoms with van der Waals surface area (Å²) in [5.74, 6) is 0.161. The molecule has 0 bridgehead atoms. The topological polar surface area (TPSA) is 66.1 Å². The number of nitrogens with zero attached hydrogens (tertiary/aromatic N) is 2. The van der Waals surface area contributed by atoms with Gasteiger partial charge in [-0.25, -0.2) is 0 Å². The molecule has 0 aliphatic heterocycles. The third-order valence-electron chi connectivity index (χ3n) is 8.87. The lowest BCUT2D eigenvalue weighted by Gasteiger charge is -2.45. The van der Waals surface area contributed by atoms with Crippen LogP contribution >= 0.6 is 0 Å². The number of nitriles is 1. The first-order chi connectivity index (χ1) is 17.6. The molecule has 0 saturated heterocycles. The Bertz CT molecular complexity index is 1260. The number of hydrogen-bond donors (Lipinski definition) is 1. The Kier molecular flexibility index (Phi) is 7.84. The molecule has 1 N–H and O–H groups in total. The molecule has 1 aromatic heterocycles. The summed E-state index contributed by atoms with van der Waals surface area (Å²) in [6.07, 6.45) is 6.57. The highest BCUT2D eigenvalue weighted by atomic mass is 28.4. The standard InChI is InChI=1S/C33H46N2O2Si/c1-21(2)30-29(31(36)24-16-14-22(20-34)15-17-24)27(23-12-10-11-13-23)28-25(35-30)18-33(6,7)19-26(28)37-38(8,9)32(3,4)5/h12,14-17,21,26,31,36H,10-11,13,18-19H2,1-9H3/t26?,31-/m1/s1. The van der Waals surface area contributed by atoms with Gasteiger partial charge in [0.2, 0.25) is 0 Å². The van der Waals surface area contributed by atoms with Crippen molar-refractivity contribution in [2.45, 2.75) is 117 Å². The average molecular weight is 531 g/mol. The first kappa shape index (κ1) is 28.7. The number of aliphatic hydroxyl groups is 1. The second kappa shape index (κ2) is 10.4. The molecule has 0 amide bonds. The van der Waals surface area contributed by atoms with E-state index in [4.69, 9.17) is 9.41 Å². The molecule has 1 unspecified atom stereocenters. The SMILES string of the molecule is CC(C)c1nc2c(c(C3=CCCC3)c1[C@H](O)c1ccc(C#N)cc1)C(O[Si](C)(C)C(C)(C)C)CC(C)(C)C2. The Hall–Kier alpha value is -2.26. The normalized spacial score (nSPS) is 20.2. The fraction of sp³-hybridized carbons (Fsp3) is 0.576. The van der Waals surface area contributed by atoms with Crippen molar-refractivity contribution in [3.8, 4) is 6.07 Å². The molecule has 2 aliphatic rings. The molecule has 2 aliphatic carbocycles. The molecule has 38 heavy (non-hydrogen) atoms. The van der Waals surface area contributed by atoms with Crippen molar-refractivity contribution >= 4 is 13.9 Å². The van der Waals surface area contributed by atoms with Gasteiger partial charge < -0.3 is 9.53 Å². The maximum Gasteiger partial charge on any atom is 0.192 e. The van der Waals surface area contributed by atoms with Gasteiger partial charge in [0.1, 0.15) is 6.10 Å². The van der Waals surface area contributed by atoms with Crippen molar-refractivity contribution in [3.63, 3.8) is 0 Å². The first-order valence-electron chi connectivity index (χ1n) is 14.3. The van der Waals surface area contributed by atoms with E-state index in [1.165, 1.54) is 16.7 Å². The van der Waals surface area contributed by atoms with Gasteiger partial charge in [0.15, 0.2) is 8.32 Å². The molecule has 0 saturated carbocycles. The summed E-state index contributed by atoms with van der Waals surface area (Å²) in [6.45, 7) is 20.6. The third kappa shape index (κ3) is 5.55. The predicted molar refractivity (Wildman–Crippen MR) is 158 cm³/mol. The van der Waals surface area contributed by atoms with Gasteiger partial charge in [0.25, 0.3) is 0 Å².